The van der Waals surface area contributed by atoms with Gasteiger partial charge in [0, 0.05) is 38.8 Å². The number of hydrogen-bond acceptors (Lipinski definition) is 5. The molecule has 4 rings (SSSR count). The molecule has 3 fully saturated rings. The average Bonchev–Trinajstić information content (AvgIpc) is 2.91. The molecule has 0 aliphatic carbocycles. The maximum atomic E-state index is 10.9. The van der Waals surface area contributed by atoms with Crippen molar-refractivity contribution in [2.75, 3.05) is 39.8 Å². The van der Waals surface area contributed by atoms with Crippen LogP contribution in [-0.4, -0.2) is 70.6 Å². The number of fused-ring (bicyclic) bond motifs is 3. The fraction of sp³-hybridized carbons (Fsp3) is 0.786. The van der Waals surface area contributed by atoms with Crippen molar-refractivity contribution in [3.63, 3.8) is 0 Å². The Morgan fingerprint density at radius 3 is 2.50 bits per heavy atom. The van der Waals surface area contributed by atoms with E-state index in [4.69, 9.17) is 4.74 Å². The molecule has 2 unspecified atom stereocenters. The van der Waals surface area contributed by atoms with E-state index < -0.39 is 6.10 Å². The Hall–Kier alpha value is -1.11. The lowest BCUT2D eigenvalue weighted by atomic mass is 9.99. The highest BCUT2D eigenvalue weighted by Gasteiger charge is 2.39. The lowest BCUT2D eigenvalue weighted by Crippen LogP contribution is -2.62. The summed E-state index contributed by atoms with van der Waals surface area (Å²) in [5.74, 6) is 0.684. The Bertz CT molecular complexity index is 466. The van der Waals surface area contributed by atoms with Gasteiger partial charge in [-0.25, -0.2) is 0 Å². The summed E-state index contributed by atoms with van der Waals surface area (Å²) >= 11 is 0. The quantitative estimate of drug-likeness (QED) is 0.871. The van der Waals surface area contributed by atoms with Gasteiger partial charge in [-0.3, -0.25) is 14.5 Å². The molecule has 0 saturated carbocycles. The number of aliphatic hydroxyl groups excluding tert-OH is 1. The first-order valence-electron chi connectivity index (χ1n) is 7.37. The molecule has 0 aromatic carbocycles. The first-order chi connectivity index (χ1) is 9.61. The fourth-order valence-electron chi connectivity index (χ4n) is 3.35. The topological polar surface area (TPSA) is 53.8 Å². The zero-order valence-corrected chi connectivity index (χ0v) is 12.5. The van der Waals surface area contributed by atoms with Gasteiger partial charge in [0.25, 0.3) is 0 Å². The van der Waals surface area contributed by atoms with Crippen molar-refractivity contribution < 1.29 is 9.84 Å². The van der Waals surface area contributed by atoms with Crippen LogP contribution < -0.4 is 4.74 Å². The van der Waals surface area contributed by atoms with Crippen LogP contribution in [0.2, 0.25) is 0 Å². The van der Waals surface area contributed by atoms with Crippen LogP contribution in [0.25, 0.3) is 0 Å². The number of hydrogen-bond donors (Lipinski definition) is 1. The molecule has 1 aromatic rings. The van der Waals surface area contributed by atoms with Gasteiger partial charge in [-0.1, -0.05) is 0 Å². The maximum absolute atomic E-state index is 10.9. The number of methoxy groups -OCH3 is 1. The van der Waals surface area contributed by atoms with E-state index >= 15 is 0 Å². The second kappa shape index (κ2) is 5.35. The first-order valence-corrected chi connectivity index (χ1v) is 7.37. The third-order valence-electron chi connectivity index (χ3n) is 4.47. The van der Waals surface area contributed by atoms with E-state index in [-0.39, 0.29) is 12.1 Å². The summed E-state index contributed by atoms with van der Waals surface area (Å²) in [5.41, 5.74) is 0.807. The number of aromatic nitrogens is 2. The van der Waals surface area contributed by atoms with Crippen molar-refractivity contribution >= 4 is 0 Å². The smallest absolute Gasteiger partial charge is 0.162 e. The molecule has 0 spiro atoms. The third-order valence-corrected chi connectivity index (χ3v) is 4.47. The van der Waals surface area contributed by atoms with Gasteiger partial charge in [-0.15, -0.1) is 0 Å². The maximum Gasteiger partial charge on any atom is 0.162 e. The van der Waals surface area contributed by atoms with Crippen molar-refractivity contribution in [3.05, 3.63) is 11.9 Å². The van der Waals surface area contributed by atoms with Crippen LogP contribution in [0.4, 0.5) is 0 Å². The number of ether oxygens (including phenoxy) is 1. The van der Waals surface area contributed by atoms with E-state index in [1.54, 1.807) is 13.3 Å². The summed E-state index contributed by atoms with van der Waals surface area (Å²) in [6.07, 6.45) is 1.15. The van der Waals surface area contributed by atoms with E-state index in [0.29, 0.717) is 5.75 Å². The van der Waals surface area contributed by atoms with Gasteiger partial charge in [0.1, 0.15) is 11.8 Å². The molecule has 6 nitrogen and oxygen atoms in total. The van der Waals surface area contributed by atoms with Crippen LogP contribution in [0.1, 0.15) is 31.7 Å². The number of rotatable bonds is 4. The SMILES string of the molecule is COc1cnn(C(C)C)c1C(O)C1CN2CCN1CC2. The summed E-state index contributed by atoms with van der Waals surface area (Å²) in [7, 11) is 1.63. The second-order valence-electron chi connectivity index (χ2n) is 5.99. The molecular formula is C14H24N4O2. The minimum atomic E-state index is -0.557. The lowest BCUT2D eigenvalue weighted by Gasteiger charge is -2.49. The van der Waals surface area contributed by atoms with Crippen LogP contribution in [-0.2, 0) is 0 Å². The van der Waals surface area contributed by atoms with E-state index in [1.807, 2.05) is 4.68 Å². The molecule has 3 aliphatic heterocycles. The normalized spacial score (nSPS) is 30.8. The van der Waals surface area contributed by atoms with Crippen molar-refractivity contribution in [1.29, 1.82) is 0 Å². The highest BCUT2D eigenvalue weighted by molar-refractivity contribution is 5.29. The minimum Gasteiger partial charge on any atom is -0.493 e. The molecule has 2 atom stereocenters. The molecule has 2 bridgehead atoms. The molecule has 0 amide bonds. The van der Waals surface area contributed by atoms with Gasteiger partial charge in [-0.05, 0) is 13.8 Å². The third kappa shape index (κ3) is 2.21. The Labute approximate surface area is 119 Å². The summed E-state index contributed by atoms with van der Waals surface area (Å²) in [4.78, 5) is 4.82. The predicted molar refractivity (Wildman–Crippen MR) is 75.9 cm³/mol. The van der Waals surface area contributed by atoms with Gasteiger partial charge >= 0.3 is 0 Å². The number of nitrogens with zero attached hydrogens (tertiary/aromatic N) is 4. The molecule has 1 aromatic heterocycles. The van der Waals surface area contributed by atoms with Gasteiger partial charge in [-0.2, -0.15) is 5.10 Å². The standard InChI is InChI=1S/C14H24N4O2/c1-10(2)18-13(12(20-3)8-15-18)14(19)11-9-16-4-6-17(11)7-5-16/h8,10-11,14,19H,4-7,9H2,1-3H3. The Kier molecular flexibility index (Phi) is 3.70. The number of aliphatic hydroxyl groups is 1. The summed E-state index contributed by atoms with van der Waals surface area (Å²) < 4.78 is 7.27. The van der Waals surface area contributed by atoms with E-state index in [0.717, 1.165) is 38.4 Å². The average molecular weight is 280 g/mol. The molecule has 112 valence electrons. The van der Waals surface area contributed by atoms with Crippen molar-refractivity contribution in [1.82, 2.24) is 19.6 Å². The first kappa shape index (κ1) is 13.9. The molecular weight excluding hydrogens is 256 g/mol. The van der Waals surface area contributed by atoms with Crippen molar-refractivity contribution in [3.8, 4) is 5.75 Å². The summed E-state index contributed by atoms with van der Waals surface area (Å²) in [5, 5.41) is 15.3. The van der Waals surface area contributed by atoms with Crippen LogP contribution in [0, 0.1) is 0 Å². The monoisotopic (exact) mass is 280 g/mol. The van der Waals surface area contributed by atoms with E-state index in [2.05, 4.69) is 28.7 Å². The summed E-state index contributed by atoms with van der Waals surface area (Å²) in [6.45, 7) is 9.37. The minimum absolute atomic E-state index is 0.139. The van der Waals surface area contributed by atoms with Gasteiger partial charge < -0.3 is 9.84 Å². The molecule has 3 aliphatic rings. The Morgan fingerprint density at radius 1 is 1.30 bits per heavy atom. The van der Waals surface area contributed by atoms with Gasteiger partial charge in [0.05, 0.1) is 19.3 Å². The summed E-state index contributed by atoms with van der Waals surface area (Å²) in [6, 6.07) is 0.347. The molecule has 3 saturated heterocycles. The molecule has 6 heteroatoms. The lowest BCUT2D eigenvalue weighted by molar-refractivity contribution is -0.0504. The zero-order valence-electron chi connectivity index (χ0n) is 12.5. The largest absolute Gasteiger partial charge is 0.493 e. The van der Waals surface area contributed by atoms with Gasteiger partial charge in [0.15, 0.2) is 5.75 Å². The van der Waals surface area contributed by atoms with Crippen LogP contribution in [0.3, 0.4) is 0 Å². The van der Waals surface area contributed by atoms with Crippen LogP contribution in [0.5, 0.6) is 5.75 Å². The molecule has 0 radical (unpaired) electrons. The van der Waals surface area contributed by atoms with Gasteiger partial charge in [0.2, 0.25) is 0 Å². The zero-order chi connectivity index (χ0) is 14.3. The van der Waals surface area contributed by atoms with Crippen molar-refractivity contribution in [2.24, 2.45) is 0 Å². The molecule has 20 heavy (non-hydrogen) atoms. The van der Waals surface area contributed by atoms with E-state index in [9.17, 15) is 5.11 Å². The van der Waals surface area contributed by atoms with Crippen molar-refractivity contribution in [2.45, 2.75) is 32.0 Å². The molecule has 1 N–H and O–H groups in total. The number of piperazine rings is 3. The molecule has 4 heterocycles. The predicted octanol–water partition coefficient (Wildman–Crippen LogP) is 0.506. The highest BCUT2D eigenvalue weighted by Crippen LogP contribution is 2.33. The fourth-order valence-corrected chi connectivity index (χ4v) is 3.35. The highest BCUT2D eigenvalue weighted by atomic mass is 16.5. The second-order valence-corrected chi connectivity index (χ2v) is 5.99. The van der Waals surface area contributed by atoms with Crippen LogP contribution >= 0.6 is 0 Å². The Balaban J connectivity index is 1.90. The van der Waals surface area contributed by atoms with E-state index in [1.165, 1.54) is 0 Å². The van der Waals surface area contributed by atoms with Crippen LogP contribution in [0.15, 0.2) is 6.20 Å². The Morgan fingerprint density at radius 2 is 2.00 bits per heavy atom.